The molecule has 0 spiro atoms. The number of carbonyl (C=O) groups excluding carboxylic acids is 1. The van der Waals surface area contributed by atoms with Gasteiger partial charge in [-0.2, -0.15) is 0 Å². The lowest BCUT2D eigenvalue weighted by Gasteiger charge is -2.22. The molecule has 1 atom stereocenters. The van der Waals surface area contributed by atoms with E-state index < -0.39 is 0 Å². The van der Waals surface area contributed by atoms with E-state index in [0.29, 0.717) is 37.1 Å². The highest BCUT2D eigenvalue weighted by Crippen LogP contribution is 2.39. The highest BCUT2D eigenvalue weighted by Gasteiger charge is 2.24. The van der Waals surface area contributed by atoms with Crippen LogP contribution in [0.1, 0.15) is 37.3 Å². The first-order valence-electron chi connectivity index (χ1n) is 9.94. The predicted octanol–water partition coefficient (Wildman–Crippen LogP) is 4.89. The number of ether oxygens (including phenoxy) is 2. The minimum Gasteiger partial charge on any atom is -0.486 e. The fourth-order valence-corrected chi connectivity index (χ4v) is 3.83. The molecule has 1 aliphatic rings. The van der Waals surface area contributed by atoms with Crippen LogP contribution in [0.15, 0.2) is 42.6 Å². The number of carbonyl (C=O) groups is 1. The fraction of sp³-hybridized carbons (Fsp3) is 0.348. The first kappa shape index (κ1) is 19.6. The van der Waals surface area contributed by atoms with Crippen molar-refractivity contribution in [1.29, 1.82) is 0 Å². The number of amides is 1. The molecule has 6 heteroatoms. The molecule has 1 aromatic heterocycles. The molecule has 0 radical (unpaired) electrons. The van der Waals surface area contributed by atoms with Gasteiger partial charge in [-0.3, -0.25) is 4.79 Å². The largest absolute Gasteiger partial charge is 0.486 e. The van der Waals surface area contributed by atoms with Crippen LogP contribution < -0.4 is 14.8 Å². The van der Waals surface area contributed by atoms with Crippen LogP contribution in [0.25, 0.3) is 10.9 Å². The van der Waals surface area contributed by atoms with Gasteiger partial charge < -0.3 is 19.8 Å². The summed E-state index contributed by atoms with van der Waals surface area (Å²) in [5.41, 5.74) is 3.04. The number of aromatic nitrogens is 1. The van der Waals surface area contributed by atoms with Gasteiger partial charge >= 0.3 is 0 Å². The van der Waals surface area contributed by atoms with Gasteiger partial charge in [0.1, 0.15) is 13.2 Å². The van der Waals surface area contributed by atoms with Crippen molar-refractivity contribution in [2.75, 3.05) is 19.8 Å². The van der Waals surface area contributed by atoms with Crippen LogP contribution in [0.3, 0.4) is 0 Å². The molecule has 2 N–H and O–H groups in total. The molecule has 1 unspecified atom stereocenters. The maximum absolute atomic E-state index is 12.7. The SMILES string of the molecule is CC(C)CNC(=O)CC(c1ccc2c(c1)OCCO2)c1c[nH]c2ccc(Cl)cc12. The zero-order valence-electron chi connectivity index (χ0n) is 16.6. The van der Waals surface area contributed by atoms with Crippen LogP contribution in [-0.2, 0) is 4.79 Å². The number of aromatic amines is 1. The van der Waals surface area contributed by atoms with Crippen LogP contribution in [0.2, 0.25) is 5.02 Å². The monoisotopic (exact) mass is 412 g/mol. The zero-order chi connectivity index (χ0) is 20.4. The molecule has 4 rings (SSSR count). The molecule has 152 valence electrons. The summed E-state index contributed by atoms with van der Waals surface area (Å²) in [6.45, 7) is 5.90. The highest BCUT2D eigenvalue weighted by atomic mass is 35.5. The molecule has 1 aliphatic heterocycles. The van der Waals surface area contributed by atoms with Gasteiger partial charge in [-0.1, -0.05) is 31.5 Å². The molecule has 29 heavy (non-hydrogen) atoms. The van der Waals surface area contributed by atoms with Crippen LogP contribution in [0.4, 0.5) is 0 Å². The van der Waals surface area contributed by atoms with E-state index in [1.165, 1.54) is 0 Å². The summed E-state index contributed by atoms with van der Waals surface area (Å²) in [4.78, 5) is 16.0. The Morgan fingerprint density at radius 1 is 1.14 bits per heavy atom. The van der Waals surface area contributed by atoms with E-state index in [2.05, 4.69) is 24.1 Å². The number of rotatable bonds is 6. The van der Waals surface area contributed by atoms with Gasteiger partial charge in [-0.25, -0.2) is 0 Å². The van der Waals surface area contributed by atoms with Crippen molar-refractivity contribution in [3.05, 3.63) is 58.7 Å². The Labute approximate surface area is 175 Å². The van der Waals surface area contributed by atoms with Crippen LogP contribution >= 0.6 is 11.6 Å². The average molecular weight is 413 g/mol. The van der Waals surface area contributed by atoms with Crippen molar-refractivity contribution >= 4 is 28.4 Å². The molecule has 3 aromatic rings. The van der Waals surface area contributed by atoms with Crippen molar-refractivity contribution in [3.8, 4) is 11.5 Å². The number of halogens is 1. The van der Waals surface area contributed by atoms with Gasteiger partial charge in [0.05, 0.1) is 0 Å². The van der Waals surface area contributed by atoms with Gasteiger partial charge in [0.25, 0.3) is 0 Å². The number of H-pyrrole nitrogens is 1. The third kappa shape index (κ3) is 4.35. The Hall–Kier alpha value is -2.66. The second-order valence-corrected chi connectivity index (χ2v) is 8.23. The summed E-state index contributed by atoms with van der Waals surface area (Å²) >= 11 is 6.25. The maximum Gasteiger partial charge on any atom is 0.220 e. The Morgan fingerprint density at radius 2 is 1.93 bits per heavy atom. The van der Waals surface area contributed by atoms with Crippen molar-refractivity contribution in [3.63, 3.8) is 0 Å². The summed E-state index contributed by atoms with van der Waals surface area (Å²) in [6, 6.07) is 11.7. The molecule has 0 saturated carbocycles. The molecule has 0 fully saturated rings. The first-order chi connectivity index (χ1) is 14.0. The van der Waals surface area contributed by atoms with E-state index in [-0.39, 0.29) is 11.8 Å². The number of hydrogen-bond donors (Lipinski definition) is 2. The van der Waals surface area contributed by atoms with Gasteiger partial charge in [0.2, 0.25) is 5.91 Å². The lowest BCUT2D eigenvalue weighted by atomic mass is 9.87. The average Bonchev–Trinajstić information content (AvgIpc) is 3.13. The topological polar surface area (TPSA) is 63.4 Å². The summed E-state index contributed by atoms with van der Waals surface area (Å²) in [6.07, 6.45) is 2.31. The minimum absolute atomic E-state index is 0.0231. The number of fused-ring (bicyclic) bond motifs is 2. The van der Waals surface area contributed by atoms with E-state index in [1.807, 2.05) is 42.6 Å². The summed E-state index contributed by atoms with van der Waals surface area (Å²) in [5, 5.41) is 4.73. The quantitative estimate of drug-likeness (QED) is 0.606. The van der Waals surface area contributed by atoms with E-state index in [9.17, 15) is 4.79 Å². The molecule has 0 bridgehead atoms. The smallest absolute Gasteiger partial charge is 0.220 e. The number of hydrogen-bond acceptors (Lipinski definition) is 3. The van der Waals surface area contributed by atoms with E-state index in [1.54, 1.807) is 0 Å². The summed E-state index contributed by atoms with van der Waals surface area (Å²) in [5.74, 6) is 1.75. The number of benzene rings is 2. The standard InChI is InChI=1S/C23H25ClN2O3/c1-14(2)12-26-23(27)11-17(15-3-6-21-22(9-15)29-8-7-28-21)19-13-25-20-5-4-16(24)10-18(19)20/h3-6,9-10,13-14,17,25H,7-8,11-12H2,1-2H3,(H,26,27). The molecule has 5 nitrogen and oxygen atoms in total. The van der Waals surface area contributed by atoms with E-state index in [0.717, 1.165) is 33.5 Å². The van der Waals surface area contributed by atoms with Crippen molar-refractivity contribution in [2.24, 2.45) is 5.92 Å². The number of nitrogens with one attached hydrogen (secondary N) is 2. The lowest BCUT2D eigenvalue weighted by Crippen LogP contribution is -2.28. The first-order valence-corrected chi connectivity index (χ1v) is 10.3. The molecule has 1 amide bonds. The van der Waals surface area contributed by atoms with Gasteiger partial charge in [-0.05, 0) is 47.4 Å². The second-order valence-electron chi connectivity index (χ2n) is 7.79. The Morgan fingerprint density at radius 3 is 2.72 bits per heavy atom. The van der Waals surface area contributed by atoms with E-state index >= 15 is 0 Å². The maximum atomic E-state index is 12.7. The lowest BCUT2D eigenvalue weighted by molar-refractivity contribution is -0.121. The van der Waals surface area contributed by atoms with Crippen LogP contribution in [0.5, 0.6) is 11.5 Å². The molecule has 0 aliphatic carbocycles. The second kappa shape index (κ2) is 8.37. The summed E-state index contributed by atoms with van der Waals surface area (Å²) < 4.78 is 11.4. The molecule has 0 saturated heterocycles. The van der Waals surface area contributed by atoms with Gasteiger partial charge in [-0.15, -0.1) is 0 Å². The predicted molar refractivity (Wildman–Crippen MR) is 115 cm³/mol. The third-order valence-electron chi connectivity index (χ3n) is 5.12. The van der Waals surface area contributed by atoms with Gasteiger partial charge in [0.15, 0.2) is 11.5 Å². The molecule has 2 heterocycles. The molecular weight excluding hydrogens is 388 g/mol. The summed E-state index contributed by atoms with van der Waals surface area (Å²) in [7, 11) is 0. The van der Waals surface area contributed by atoms with Gasteiger partial charge in [0, 0.05) is 41.0 Å². The normalized spacial score (nSPS) is 14.2. The van der Waals surface area contributed by atoms with Crippen molar-refractivity contribution < 1.29 is 14.3 Å². The fourth-order valence-electron chi connectivity index (χ4n) is 3.66. The minimum atomic E-state index is -0.134. The zero-order valence-corrected chi connectivity index (χ0v) is 17.4. The Balaban J connectivity index is 1.72. The van der Waals surface area contributed by atoms with Crippen LogP contribution in [0, 0.1) is 5.92 Å². The Kier molecular flexibility index (Phi) is 5.67. The van der Waals surface area contributed by atoms with Crippen molar-refractivity contribution in [1.82, 2.24) is 10.3 Å². The third-order valence-corrected chi connectivity index (χ3v) is 5.35. The highest BCUT2D eigenvalue weighted by molar-refractivity contribution is 6.31. The molecular formula is C23H25ClN2O3. The Bertz CT molecular complexity index is 1030. The van der Waals surface area contributed by atoms with E-state index in [4.69, 9.17) is 21.1 Å². The van der Waals surface area contributed by atoms with Crippen LogP contribution in [-0.4, -0.2) is 30.6 Å². The van der Waals surface area contributed by atoms with Crippen molar-refractivity contribution in [2.45, 2.75) is 26.2 Å². The molecule has 2 aromatic carbocycles.